The number of amides is 1. The monoisotopic (exact) mass is 403 g/mol. The Bertz CT molecular complexity index is 930. The predicted molar refractivity (Wildman–Crippen MR) is 121 cm³/mol. The Kier molecular flexibility index (Phi) is 7.98. The van der Waals surface area contributed by atoms with Gasteiger partial charge in [0.15, 0.2) is 0 Å². The first-order valence-electron chi connectivity index (χ1n) is 10.4. The predicted octanol–water partition coefficient (Wildman–Crippen LogP) is 5.14. The molecule has 1 N–H and O–H groups in total. The van der Waals surface area contributed by atoms with E-state index in [1.165, 1.54) is 0 Å². The van der Waals surface area contributed by atoms with Gasteiger partial charge in [-0.2, -0.15) is 0 Å². The molecule has 2 aromatic carbocycles. The number of nitrogens with one attached hydrogen (secondary N) is 1. The van der Waals surface area contributed by atoms with Crippen LogP contribution in [0.25, 0.3) is 0 Å². The molecule has 0 bridgehead atoms. The van der Waals surface area contributed by atoms with Crippen LogP contribution in [0.1, 0.15) is 41.8 Å². The average Bonchev–Trinajstić information content (AvgIpc) is 2.79. The molecule has 1 amide bonds. The van der Waals surface area contributed by atoms with Crippen LogP contribution >= 0.6 is 0 Å². The molecule has 1 aromatic heterocycles. The van der Waals surface area contributed by atoms with Gasteiger partial charge in [-0.15, -0.1) is 0 Å². The van der Waals surface area contributed by atoms with Gasteiger partial charge in [-0.1, -0.05) is 50.2 Å². The number of carbonyl (C=O) groups is 1. The Balaban J connectivity index is 1.83. The van der Waals surface area contributed by atoms with Crippen LogP contribution in [0.4, 0.5) is 5.69 Å². The van der Waals surface area contributed by atoms with Gasteiger partial charge in [0.1, 0.15) is 12.4 Å². The van der Waals surface area contributed by atoms with Crippen LogP contribution in [0, 0.1) is 0 Å². The van der Waals surface area contributed by atoms with Crippen LogP contribution in [-0.4, -0.2) is 28.9 Å². The molecule has 0 aliphatic carbocycles. The van der Waals surface area contributed by atoms with E-state index in [9.17, 15) is 4.79 Å². The zero-order chi connectivity index (χ0) is 21.2. The van der Waals surface area contributed by atoms with E-state index in [4.69, 9.17) is 4.74 Å². The molecule has 3 rings (SSSR count). The lowest BCUT2D eigenvalue weighted by Gasteiger charge is -2.20. The van der Waals surface area contributed by atoms with Crippen molar-refractivity contribution in [2.24, 2.45) is 0 Å². The van der Waals surface area contributed by atoms with Crippen LogP contribution in [0.5, 0.6) is 5.75 Å². The number of nitrogens with zero attached hydrogens (tertiary/aromatic N) is 2. The lowest BCUT2D eigenvalue weighted by Crippen LogP contribution is -2.24. The standard InChI is InChI=1S/C25H29N3O2/c1-3-15-28(4-2)18-21-12-13-24(30-19-20-9-6-5-7-10-20)23(16-21)25(29)27-22-11-8-14-26-17-22/h5-14,16-17H,3-4,15,18-19H2,1-2H3,(H,27,29). The van der Waals surface area contributed by atoms with E-state index in [-0.39, 0.29) is 5.91 Å². The average molecular weight is 404 g/mol. The molecule has 5 nitrogen and oxygen atoms in total. The number of benzene rings is 2. The first-order valence-corrected chi connectivity index (χ1v) is 10.4. The molecular formula is C25H29N3O2. The first kappa shape index (κ1) is 21.5. The molecule has 0 fully saturated rings. The minimum atomic E-state index is -0.202. The third-order valence-electron chi connectivity index (χ3n) is 4.84. The van der Waals surface area contributed by atoms with Crippen molar-refractivity contribution in [3.63, 3.8) is 0 Å². The van der Waals surface area contributed by atoms with Crippen molar-refractivity contribution >= 4 is 11.6 Å². The van der Waals surface area contributed by atoms with Gasteiger partial charge in [-0.3, -0.25) is 14.7 Å². The minimum Gasteiger partial charge on any atom is -0.488 e. The van der Waals surface area contributed by atoms with Crippen molar-refractivity contribution in [2.75, 3.05) is 18.4 Å². The highest BCUT2D eigenvalue weighted by atomic mass is 16.5. The smallest absolute Gasteiger partial charge is 0.259 e. The van der Waals surface area contributed by atoms with Crippen molar-refractivity contribution in [3.05, 3.63) is 89.7 Å². The third-order valence-corrected chi connectivity index (χ3v) is 4.84. The molecule has 1 heterocycles. The highest BCUT2D eigenvalue weighted by Crippen LogP contribution is 2.24. The van der Waals surface area contributed by atoms with Crippen molar-refractivity contribution in [2.45, 2.75) is 33.4 Å². The summed E-state index contributed by atoms with van der Waals surface area (Å²) >= 11 is 0. The zero-order valence-corrected chi connectivity index (χ0v) is 17.7. The van der Waals surface area contributed by atoms with E-state index in [1.807, 2.05) is 54.6 Å². The molecule has 0 aliphatic heterocycles. The van der Waals surface area contributed by atoms with Gasteiger partial charge >= 0.3 is 0 Å². The molecule has 5 heteroatoms. The van der Waals surface area contributed by atoms with E-state index in [2.05, 4.69) is 29.0 Å². The Morgan fingerprint density at radius 1 is 1.03 bits per heavy atom. The Morgan fingerprint density at radius 2 is 1.87 bits per heavy atom. The fraction of sp³-hybridized carbons (Fsp3) is 0.280. The van der Waals surface area contributed by atoms with Crippen LogP contribution in [0.2, 0.25) is 0 Å². The maximum Gasteiger partial charge on any atom is 0.259 e. The largest absolute Gasteiger partial charge is 0.488 e. The quantitative estimate of drug-likeness (QED) is 0.509. The van der Waals surface area contributed by atoms with Gasteiger partial charge in [0.05, 0.1) is 17.4 Å². The molecule has 0 unspecified atom stereocenters. The summed E-state index contributed by atoms with van der Waals surface area (Å²) < 4.78 is 6.03. The molecule has 0 radical (unpaired) electrons. The second-order valence-electron chi connectivity index (χ2n) is 7.17. The molecule has 0 atom stereocenters. The SMILES string of the molecule is CCCN(CC)Cc1ccc(OCc2ccccc2)c(C(=O)Nc2cccnc2)c1. The second kappa shape index (κ2) is 11.1. The number of ether oxygens (including phenoxy) is 1. The molecule has 0 saturated heterocycles. The van der Waals surface area contributed by atoms with Crippen LogP contribution < -0.4 is 10.1 Å². The molecule has 30 heavy (non-hydrogen) atoms. The highest BCUT2D eigenvalue weighted by molar-refractivity contribution is 6.06. The maximum absolute atomic E-state index is 13.0. The summed E-state index contributed by atoms with van der Waals surface area (Å²) in [5, 5.41) is 2.92. The summed E-state index contributed by atoms with van der Waals surface area (Å²) in [7, 11) is 0. The minimum absolute atomic E-state index is 0.202. The van der Waals surface area contributed by atoms with E-state index >= 15 is 0 Å². The number of rotatable bonds is 10. The third kappa shape index (κ3) is 6.16. The highest BCUT2D eigenvalue weighted by Gasteiger charge is 2.15. The van der Waals surface area contributed by atoms with Crippen molar-refractivity contribution in [3.8, 4) is 5.75 Å². The van der Waals surface area contributed by atoms with E-state index in [1.54, 1.807) is 18.5 Å². The molecule has 0 spiro atoms. The molecule has 0 aliphatic rings. The van der Waals surface area contributed by atoms with Crippen molar-refractivity contribution in [1.82, 2.24) is 9.88 Å². The summed E-state index contributed by atoms with van der Waals surface area (Å²) in [6.45, 7) is 7.54. The van der Waals surface area contributed by atoms with Gasteiger partial charge in [0.25, 0.3) is 5.91 Å². The first-order chi connectivity index (χ1) is 14.7. The lowest BCUT2D eigenvalue weighted by atomic mass is 10.1. The Hall–Kier alpha value is -3.18. The van der Waals surface area contributed by atoms with Gasteiger partial charge in [-0.25, -0.2) is 0 Å². The molecule has 3 aromatic rings. The molecular weight excluding hydrogens is 374 g/mol. The van der Waals surface area contributed by atoms with Crippen LogP contribution in [0.3, 0.4) is 0 Å². The van der Waals surface area contributed by atoms with Gasteiger partial charge in [0.2, 0.25) is 0 Å². The van der Waals surface area contributed by atoms with E-state index < -0.39 is 0 Å². The summed E-state index contributed by atoms with van der Waals surface area (Å²) in [6.07, 6.45) is 4.41. The van der Waals surface area contributed by atoms with Crippen molar-refractivity contribution < 1.29 is 9.53 Å². The summed E-state index contributed by atoms with van der Waals surface area (Å²) in [6, 6.07) is 19.4. The number of aromatic nitrogens is 1. The summed E-state index contributed by atoms with van der Waals surface area (Å²) in [4.78, 5) is 19.5. The fourth-order valence-corrected chi connectivity index (χ4v) is 3.27. The Labute approximate surface area is 178 Å². The number of hydrogen-bond acceptors (Lipinski definition) is 4. The summed E-state index contributed by atoms with van der Waals surface area (Å²) in [5.74, 6) is 0.369. The van der Waals surface area contributed by atoms with Gasteiger partial charge < -0.3 is 10.1 Å². The van der Waals surface area contributed by atoms with Crippen molar-refractivity contribution in [1.29, 1.82) is 0 Å². The van der Waals surface area contributed by atoms with Gasteiger partial charge in [-0.05, 0) is 54.9 Å². The summed E-state index contributed by atoms with van der Waals surface area (Å²) in [5.41, 5.74) is 3.33. The molecule has 156 valence electrons. The lowest BCUT2D eigenvalue weighted by molar-refractivity contribution is 0.102. The number of carbonyl (C=O) groups excluding carboxylic acids is 1. The number of pyridine rings is 1. The Morgan fingerprint density at radius 3 is 2.57 bits per heavy atom. The number of hydrogen-bond donors (Lipinski definition) is 1. The van der Waals surface area contributed by atoms with E-state index in [0.717, 1.165) is 37.2 Å². The fourth-order valence-electron chi connectivity index (χ4n) is 3.27. The second-order valence-corrected chi connectivity index (χ2v) is 7.17. The topological polar surface area (TPSA) is 54.5 Å². The zero-order valence-electron chi connectivity index (χ0n) is 17.7. The van der Waals surface area contributed by atoms with E-state index in [0.29, 0.717) is 23.6 Å². The van der Waals surface area contributed by atoms with Crippen LogP contribution in [-0.2, 0) is 13.2 Å². The normalized spacial score (nSPS) is 10.8. The molecule has 0 saturated carbocycles. The maximum atomic E-state index is 13.0. The van der Waals surface area contributed by atoms with Crippen LogP contribution in [0.15, 0.2) is 73.1 Å². The van der Waals surface area contributed by atoms with Gasteiger partial charge in [0, 0.05) is 12.7 Å². The number of anilines is 1.